The highest BCUT2D eigenvalue weighted by atomic mass is 79.9. The van der Waals surface area contributed by atoms with E-state index in [-0.39, 0.29) is 5.82 Å². The van der Waals surface area contributed by atoms with E-state index in [1.165, 1.54) is 4.40 Å². The molecule has 0 fully saturated rings. The van der Waals surface area contributed by atoms with E-state index >= 15 is 0 Å². The van der Waals surface area contributed by atoms with Crippen LogP contribution in [-0.2, 0) is 0 Å². The van der Waals surface area contributed by atoms with Gasteiger partial charge in [-0.1, -0.05) is 28.1 Å². The Morgan fingerprint density at radius 3 is 2.80 bits per heavy atom. The molecule has 0 aliphatic carbocycles. The van der Waals surface area contributed by atoms with Crippen LogP contribution in [0.5, 0.6) is 0 Å². The van der Waals surface area contributed by atoms with Crippen LogP contribution in [0.1, 0.15) is 5.56 Å². The van der Waals surface area contributed by atoms with Crippen molar-refractivity contribution in [3.05, 3.63) is 62.7 Å². The van der Waals surface area contributed by atoms with E-state index in [0.717, 1.165) is 10.0 Å². The molecule has 0 bridgehead atoms. The third-order valence-electron chi connectivity index (χ3n) is 3.09. The number of nitro groups is 1. The van der Waals surface area contributed by atoms with Crippen molar-refractivity contribution < 1.29 is 4.92 Å². The van der Waals surface area contributed by atoms with E-state index < -0.39 is 4.92 Å². The zero-order chi connectivity index (χ0) is 14.3. The number of benzene rings is 1. The van der Waals surface area contributed by atoms with Crippen LogP contribution in [0.25, 0.3) is 16.9 Å². The summed E-state index contributed by atoms with van der Waals surface area (Å²) in [5.74, 6) is -0.0122. The fraction of sp³-hybridized carbons (Fsp3) is 0.0714. The first-order valence-electron chi connectivity index (χ1n) is 5.96. The van der Waals surface area contributed by atoms with Gasteiger partial charge in [0.05, 0.1) is 6.20 Å². The maximum atomic E-state index is 11.4. The largest absolute Gasteiger partial charge is 0.358 e. The van der Waals surface area contributed by atoms with Gasteiger partial charge < -0.3 is 10.1 Å². The molecule has 5 nitrogen and oxygen atoms in total. The molecule has 0 atom stereocenters. The fourth-order valence-electron chi connectivity index (χ4n) is 2.20. The molecule has 0 unspecified atom stereocenters. The van der Waals surface area contributed by atoms with Gasteiger partial charge in [-0.25, -0.2) is 0 Å². The minimum absolute atomic E-state index is 0.0122. The summed E-state index contributed by atoms with van der Waals surface area (Å²) in [5, 5.41) is 11.4. The zero-order valence-electron chi connectivity index (χ0n) is 10.6. The highest BCUT2D eigenvalue weighted by Crippen LogP contribution is 2.32. The van der Waals surface area contributed by atoms with Crippen molar-refractivity contribution >= 4 is 27.4 Å². The highest BCUT2D eigenvalue weighted by Gasteiger charge is 2.24. The number of rotatable bonds is 2. The van der Waals surface area contributed by atoms with Crippen LogP contribution in [0, 0.1) is 17.0 Å². The number of pyridine rings is 1. The van der Waals surface area contributed by atoms with Gasteiger partial charge in [0.1, 0.15) is 0 Å². The number of nitrogens with zero attached hydrogens (tertiary/aromatic N) is 3. The second-order valence-electron chi connectivity index (χ2n) is 4.44. The van der Waals surface area contributed by atoms with Crippen molar-refractivity contribution in [3.63, 3.8) is 0 Å². The van der Waals surface area contributed by atoms with Gasteiger partial charge in [0, 0.05) is 15.6 Å². The van der Waals surface area contributed by atoms with Crippen molar-refractivity contribution in [1.29, 1.82) is 0 Å². The van der Waals surface area contributed by atoms with E-state index in [2.05, 4.69) is 20.9 Å². The Labute approximate surface area is 123 Å². The summed E-state index contributed by atoms with van der Waals surface area (Å²) in [6.07, 6.45) is 1.66. The molecule has 0 spiro atoms. The molecule has 0 amide bonds. The summed E-state index contributed by atoms with van der Waals surface area (Å²) in [6.45, 7) is 1.89. The Morgan fingerprint density at radius 2 is 2.10 bits per heavy atom. The first kappa shape index (κ1) is 12.8. The van der Waals surface area contributed by atoms with Gasteiger partial charge in [0.25, 0.3) is 0 Å². The maximum absolute atomic E-state index is 11.4. The fourth-order valence-corrected chi connectivity index (χ4v) is 2.59. The van der Waals surface area contributed by atoms with E-state index in [4.69, 9.17) is 0 Å². The molecule has 20 heavy (non-hydrogen) atoms. The van der Waals surface area contributed by atoms with Gasteiger partial charge in [-0.2, -0.15) is 9.38 Å². The molecule has 3 rings (SSSR count). The summed E-state index contributed by atoms with van der Waals surface area (Å²) in [5.41, 5.74) is 2.60. The molecular weight excluding hydrogens is 322 g/mol. The average Bonchev–Trinajstić information content (AvgIpc) is 2.79. The number of hydrogen-bond acceptors (Lipinski definition) is 3. The van der Waals surface area contributed by atoms with Gasteiger partial charge in [-0.05, 0) is 36.1 Å². The lowest BCUT2D eigenvalue weighted by molar-refractivity contribution is -0.389. The minimum Gasteiger partial charge on any atom is -0.358 e. The van der Waals surface area contributed by atoms with E-state index in [9.17, 15) is 10.1 Å². The number of imidazole rings is 1. The Morgan fingerprint density at radius 1 is 1.30 bits per heavy atom. The van der Waals surface area contributed by atoms with Gasteiger partial charge >= 0.3 is 5.82 Å². The number of aryl methyl sites for hydroxylation is 1. The van der Waals surface area contributed by atoms with E-state index in [1.54, 1.807) is 12.3 Å². The smallest absolute Gasteiger partial charge is 0.355 e. The topological polar surface area (TPSA) is 60.4 Å². The molecule has 1 aromatic carbocycles. The third-order valence-corrected chi connectivity index (χ3v) is 3.58. The van der Waals surface area contributed by atoms with Crippen molar-refractivity contribution in [1.82, 2.24) is 9.38 Å². The monoisotopic (exact) mass is 331 g/mol. The molecule has 2 heterocycles. The zero-order valence-corrected chi connectivity index (χ0v) is 12.2. The first-order chi connectivity index (χ1) is 9.58. The summed E-state index contributed by atoms with van der Waals surface area (Å²) in [7, 11) is 0. The van der Waals surface area contributed by atoms with Crippen molar-refractivity contribution in [2.24, 2.45) is 0 Å². The number of fused-ring (bicyclic) bond motifs is 1. The van der Waals surface area contributed by atoms with E-state index in [1.807, 2.05) is 37.3 Å². The molecule has 3 aromatic rings. The molecule has 100 valence electrons. The number of aromatic nitrogens is 2. The third kappa shape index (κ3) is 1.98. The molecule has 0 saturated carbocycles. The molecule has 6 heteroatoms. The van der Waals surface area contributed by atoms with E-state index in [0.29, 0.717) is 16.9 Å². The SMILES string of the molecule is Cc1cccn2c([N+](=O)[O-])c(-c3cccc(Br)c3)nc12. The molecule has 0 radical (unpaired) electrons. The Kier molecular flexibility index (Phi) is 3.02. The lowest BCUT2D eigenvalue weighted by Gasteiger charge is -1.99. The van der Waals surface area contributed by atoms with Crippen LogP contribution in [0.3, 0.4) is 0 Å². The van der Waals surface area contributed by atoms with Gasteiger partial charge in [0.2, 0.25) is 5.65 Å². The molecule has 0 aliphatic rings. The molecule has 0 aliphatic heterocycles. The standard InChI is InChI=1S/C14H10BrN3O2/c1-9-4-3-7-17-13(9)16-12(14(17)18(19)20)10-5-2-6-11(15)8-10/h2-8H,1H3. The Hall–Kier alpha value is -2.21. The Bertz CT molecular complexity index is 826. The van der Waals surface area contributed by atoms with Crippen LogP contribution < -0.4 is 0 Å². The Balaban J connectivity index is 2.38. The molecular formula is C14H10BrN3O2. The van der Waals surface area contributed by atoms with Crippen molar-refractivity contribution in [2.75, 3.05) is 0 Å². The quantitative estimate of drug-likeness (QED) is 0.527. The van der Waals surface area contributed by atoms with Crippen LogP contribution in [0.4, 0.5) is 5.82 Å². The van der Waals surface area contributed by atoms with Crippen LogP contribution in [0.2, 0.25) is 0 Å². The van der Waals surface area contributed by atoms with Gasteiger partial charge in [-0.15, -0.1) is 0 Å². The summed E-state index contributed by atoms with van der Waals surface area (Å²) >= 11 is 3.37. The second kappa shape index (κ2) is 4.72. The van der Waals surface area contributed by atoms with Gasteiger partial charge in [-0.3, -0.25) is 0 Å². The summed E-state index contributed by atoms with van der Waals surface area (Å²) in [6, 6.07) is 11.0. The van der Waals surface area contributed by atoms with Gasteiger partial charge in [0.15, 0.2) is 5.69 Å². The van der Waals surface area contributed by atoms with Crippen LogP contribution in [0.15, 0.2) is 47.1 Å². The number of halogens is 1. The lowest BCUT2D eigenvalue weighted by Crippen LogP contribution is -1.96. The van der Waals surface area contributed by atoms with Crippen LogP contribution >= 0.6 is 15.9 Å². The van der Waals surface area contributed by atoms with Crippen molar-refractivity contribution in [2.45, 2.75) is 6.92 Å². The highest BCUT2D eigenvalue weighted by molar-refractivity contribution is 9.10. The molecule has 2 aromatic heterocycles. The average molecular weight is 332 g/mol. The second-order valence-corrected chi connectivity index (χ2v) is 5.35. The maximum Gasteiger partial charge on any atom is 0.355 e. The predicted octanol–water partition coefficient (Wildman–Crippen LogP) is 3.98. The lowest BCUT2D eigenvalue weighted by atomic mass is 10.1. The number of hydrogen-bond donors (Lipinski definition) is 0. The molecule has 0 saturated heterocycles. The summed E-state index contributed by atoms with van der Waals surface area (Å²) in [4.78, 5) is 15.5. The van der Waals surface area contributed by atoms with Crippen LogP contribution in [-0.4, -0.2) is 14.3 Å². The predicted molar refractivity (Wildman–Crippen MR) is 79.7 cm³/mol. The minimum atomic E-state index is -0.393. The summed E-state index contributed by atoms with van der Waals surface area (Å²) < 4.78 is 2.38. The molecule has 0 N–H and O–H groups in total. The van der Waals surface area contributed by atoms with Crippen molar-refractivity contribution in [3.8, 4) is 11.3 Å². The first-order valence-corrected chi connectivity index (χ1v) is 6.75. The normalized spacial score (nSPS) is 10.9.